The van der Waals surface area contributed by atoms with E-state index in [-0.39, 0.29) is 5.92 Å². The predicted octanol–water partition coefficient (Wildman–Crippen LogP) is 2.63. The second-order valence-corrected chi connectivity index (χ2v) is 5.29. The molecule has 2 heteroatoms. The molecule has 3 atom stereocenters. The molecule has 1 N–H and O–H groups in total. The molecule has 1 saturated carbocycles. The first-order valence-corrected chi connectivity index (χ1v) is 6.19. The van der Waals surface area contributed by atoms with Gasteiger partial charge in [0.1, 0.15) is 6.29 Å². The maximum atomic E-state index is 11.0. The third kappa shape index (κ3) is 2.43. The van der Waals surface area contributed by atoms with Crippen LogP contribution in [-0.2, 0) is 4.79 Å². The highest BCUT2D eigenvalue weighted by atomic mass is 16.3. The number of allylic oxidation sites excluding steroid dienone is 2. The Bertz CT molecular complexity index is 326. The molecule has 16 heavy (non-hydrogen) atoms. The van der Waals surface area contributed by atoms with Crippen LogP contribution >= 0.6 is 0 Å². The van der Waals surface area contributed by atoms with Gasteiger partial charge in [-0.3, -0.25) is 0 Å². The molecule has 0 saturated heterocycles. The summed E-state index contributed by atoms with van der Waals surface area (Å²) in [6.07, 6.45) is 12.3. The van der Waals surface area contributed by atoms with E-state index in [4.69, 9.17) is 0 Å². The Morgan fingerprint density at radius 2 is 2.19 bits per heavy atom. The molecular formula is C14H20O2. The highest BCUT2D eigenvalue weighted by molar-refractivity contribution is 5.56. The lowest BCUT2D eigenvalue weighted by Crippen LogP contribution is -2.26. The van der Waals surface area contributed by atoms with Crippen molar-refractivity contribution in [3.63, 3.8) is 0 Å². The van der Waals surface area contributed by atoms with Crippen molar-refractivity contribution in [1.82, 2.24) is 0 Å². The molecule has 0 radical (unpaired) electrons. The second kappa shape index (κ2) is 4.54. The van der Waals surface area contributed by atoms with E-state index in [0.29, 0.717) is 12.3 Å². The maximum Gasteiger partial charge on any atom is 0.123 e. The van der Waals surface area contributed by atoms with Crippen molar-refractivity contribution in [2.45, 2.75) is 44.6 Å². The molecule has 0 heterocycles. The van der Waals surface area contributed by atoms with Gasteiger partial charge in [-0.25, -0.2) is 0 Å². The number of aldehydes is 1. The topological polar surface area (TPSA) is 37.3 Å². The molecule has 0 aromatic carbocycles. The highest BCUT2D eigenvalue weighted by Crippen LogP contribution is 2.36. The van der Waals surface area contributed by atoms with Crippen LogP contribution in [0.1, 0.15) is 39.0 Å². The van der Waals surface area contributed by atoms with Crippen molar-refractivity contribution in [3.05, 3.63) is 23.8 Å². The van der Waals surface area contributed by atoms with Gasteiger partial charge in [-0.15, -0.1) is 0 Å². The van der Waals surface area contributed by atoms with Gasteiger partial charge in [0.15, 0.2) is 0 Å². The smallest absolute Gasteiger partial charge is 0.123 e. The van der Waals surface area contributed by atoms with Crippen LogP contribution in [0.15, 0.2) is 23.8 Å². The predicted molar refractivity (Wildman–Crippen MR) is 64.0 cm³/mol. The molecule has 0 aromatic heterocycles. The van der Waals surface area contributed by atoms with E-state index in [1.807, 2.05) is 19.1 Å². The molecule has 2 nitrogen and oxygen atoms in total. The Morgan fingerprint density at radius 1 is 1.44 bits per heavy atom. The van der Waals surface area contributed by atoms with Crippen LogP contribution in [0.3, 0.4) is 0 Å². The monoisotopic (exact) mass is 220 g/mol. The Morgan fingerprint density at radius 3 is 2.81 bits per heavy atom. The fourth-order valence-electron chi connectivity index (χ4n) is 2.75. The van der Waals surface area contributed by atoms with Crippen LogP contribution in [0, 0.1) is 11.8 Å². The van der Waals surface area contributed by atoms with E-state index >= 15 is 0 Å². The number of aliphatic hydroxyl groups is 1. The van der Waals surface area contributed by atoms with Crippen molar-refractivity contribution < 1.29 is 9.90 Å². The average Bonchev–Trinajstić information content (AvgIpc) is 2.29. The van der Waals surface area contributed by atoms with Crippen molar-refractivity contribution in [2.24, 2.45) is 11.8 Å². The summed E-state index contributed by atoms with van der Waals surface area (Å²) in [5.41, 5.74) is 0.554. The molecule has 2 aliphatic carbocycles. The lowest BCUT2D eigenvalue weighted by atomic mass is 9.74. The van der Waals surface area contributed by atoms with Crippen LogP contribution < -0.4 is 0 Å². The molecule has 0 bridgehead atoms. The molecule has 88 valence electrons. The van der Waals surface area contributed by atoms with Gasteiger partial charge < -0.3 is 9.90 Å². The van der Waals surface area contributed by atoms with E-state index < -0.39 is 5.60 Å². The fraction of sp³-hybridized carbons (Fsp3) is 0.643. The Labute approximate surface area is 97.0 Å². The lowest BCUT2D eigenvalue weighted by Gasteiger charge is -2.31. The summed E-state index contributed by atoms with van der Waals surface area (Å²) in [5, 5.41) is 9.81. The average molecular weight is 220 g/mol. The molecule has 2 aliphatic rings. The zero-order chi connectivity index (χ0) is 11.6. The highest BCUT2D eigenvalue weighted by Gasteiger charge is 2.29. The third-order valence-electron chi connectivity index (χ3n) is 3.81. The lowest BCUT2D eigenvalue weighted by molar-refractivity contribution is -0.112. The Balaban J connectivity index is 2.10. The van der Waals surface area contributed by atoms with Gasteiger partial charge in [-0.2, -0.15) is 0 Å². The summed E-state index contributed by atoms with van der Waals surface area (Å²) in [6, 6.07) is 0. The molecule has 2 rings (SSSR count). The van der Waals surface area contributed by atoms with Gasteiger partial charge in [0.05, 0.1) is 5.60 Å². The van der Waals surface area contributed by atoms with Gasteiger partial charge in [0.25, 0.3) is 0 Å². The van der Waals surface area contributed by atoms with Crippen LogP contribution in [0.25, 0.3) is 0 Å². The minimum Gasteiger partial charge on any atom is -0.386 e. The first-order chi connectivity index (χ1) is 7.62. The molecule has 0 aliphatic heterocycles. The quantitative estimate of drug-likeness (QED) is 0.726. The number of carbonyl (C=O) groups is 1. The SMILES string of the molecule is CC1(O)C=CC(C2CCCCC2C=O)=CC1. The Kier molecular flexibility index (Phi) is 3.29. The van der Waals surface area contributed by atoms with Crippen molar-refractivity contribution >= 4 is 6.29 Å². The molecule has 3 unspecified atom stereocenters. The molecule has 0 aromatic rings. The van der Waals surface area contributed by atoms with Crippen molar-refractivity contribution in [3.8, 4) is 0 Å². The summed E-state index contributed by atoms with van der Waals surface area (Å²) < 4.78 is 0. The summed E-state index contributed by atoms with van der Waals surface area (Å²) in [4.78, 5) is 11.0. The van der Waals surface area contributed by atoms with Crippen LogP contribution in [-0.4, -0.2) is 17.0 Å². The van der Waals surface area contributed by atoms with Crippen LogP contribution in [0.2, 0.25) is 0 Å². The molecular weight excluding hydrogens is 200 g/mol. The zero-order valence-corrected chi connectivity index (χ0v) is 9.86. The van der Waals surface area contributed by atoms with E-state index in [1.165, 1.54) is 18.4 Å². The minimum atomic E-state index is -0.700. The normalized spacial score (nSPS) is 39.2. The first kappa shape index (κ1) is 11.6. The summed E-state index contributed by atoms with van der Waals surface area (Å²) in [6.45, 7) is 1.81. The molecule has 1 fully saturated rings. The summed E-state index contributed by atoms with van der Waals surface area (Å²) in [7, 11) is 0. The third-order valence-corrected chi connectivity index (χ3v) is 3.81. The first-order valence-electron chi connectivity index (χ1n) is 6.19. The van der Waals surface area contributed by atoms with E-state index in [2.05, 4.69) is 6.08 Å². The van der Waals surface area contributed by atoms with Crippen molar-refractivity contribution in [2.75, 3.05) is 0 Å². The van der Waals surface area contributed by atoms with Gasteiger partial charge in [0.2, 0.25) is 0 Å². The summed E-state index contributed by atoms with van der Waals surface area (Å²) in [5.74, 6) is 0.575. The summed E-state index contributed by atoms with van der Waals surface area (Å²) >= 11 is 0. The van der Waals surface area contributed by atoms with E-state index in [9.17, 15) is 9.90 Å². The van der Waals surface area contributed by atoms with Crippen molar-refractivity contribution in [1.29, 1.82) is 0 Å². The van der Waals surface area contributed by atoms with Crippen LogP contribution in [0.4, 0.5) is 0 Å². The molecule has 0 amide bonds. The van der Waals surface area contributed by atoms with Gasteiger partial charge in [0, 0.05) is 5.92 Å². The Hall–Kier alpha value is -0.890. The number of hydrogen-bond donors (Lipinski definition) is 1. The van der Waals surface area contributed by atoms with Crippen LogP contribution in [0.5, 0.6) is 0 Å². The molecule has 0 spiro atoms. The fourth-order valence-corrected chi connectivity index (χ4v) is 2.75. The number of hydrogen-bond acceptors (Lipinski definition) is 2. The van der Waals surface area contributed by atoms with Gasteiger partial charge >= 0.3 is 0 Å². The second-order valence-electron chi connectivity index (χ2n) is 5.29. The van der Waals surface area contributed by atoms with E-state index in [0.717, 1.165) is 19.1 Å². The minimum absolute atomic E-state index is 0.188. The number of rotatable bonds is 2. The largest absolute Gasteiger partial charge is 0.386 e. The van der Waals surface area contributed by atoms with Gasteiger partial charge in [-0.1, -0.05) is 31.1 Å². The van der Waals surface area contributed by atoms with Gasteiger partial charge in [-0.05, 0) is 37.7 Å². The zero-order valence-electron chi connectivity index (χ0n) is 9.86. The number of carbonyl (C=O) groups excluding carboxylic acids is 1. The maximum absolute atomic E-state index is 11.0. The standard InChI is InChI=1S/C14H20O2/c1-14(16)8-6-11(7-9-14)13-5-3-2-4-12(13)10-15/h6-8,10,12-13,16H,2-5,9H2,1H3. The van der Waals surface area contributed by atoms with E-state index in [1.54, 1.807) is 0 Å².